The van der Waals surface area contributed by atoms with Crippen LogP contribution in [-0.2, 0) is 11.8 Å². The SMILES string of the molecule is Cn1cncc1-c1nc(OCC2CCOCC2)cc(C(=O)Nc2cccnc2)n1. The van der Waals surface area contributed by atoms with Crippen LogP contribution in [0.2, 0.25) is 0 Å². The molecule has 150 valence electrons. The van der Waals surface area contributed by atoms with Gasteiger partial charge in [-0.15, -0.1) is 0 Å². The number of pyridine rings is 1. The third-order valence-electron chi connectivity index (χ3n) is 4.71. The van der Waals surface area contributed by atoms with Crippen LogP contribution in [0.5, 0.6) is 5.88 Å². The summed E-state index contributed by atoms with van der Waals surface area (Å²) in [7, 11) is 1.84. The minimum Gasteiger partial charge on any atom is -0.477 e. The van der Waals surface area contributed by atoms with Crippen LogP contribution >= 0.6 is 0 Å². The van der Waals surface area contributed by atoms with Gasteiger partial charge in [0.15, 0.2) is 5.82 Å². The topological polar surface area (TPSA) is 104 Å². The highest BCUT2D eigenvalue weighted by molar-refractivity contribution is 6.03. The molecular formula is C20H22N6O3. The molecule has 1 amide bonds. The van der Waals surface area contributed by atoms with Crippen molar-refractivity contribution in [2.24, 2.45) is 13.0 Å². The van der Waals surface area contributed by atoms with E-state index < -0.39 is 0 Å². The number of carbonyl (C=O) groups is 1. The number of aryl methyl sites for hydroxylation is 1. The molecule has 29 heavy (non-hydrogen) atoms. The van der Waals surface area contributed by atoms with Crippen molar-refractivity contribution in [1.82, 2.24) is 24.5 Å². The Hall–Kier alpha value is -3.33. The van der Waals surface area contributed by atoms with E-state index in [1.165, 1.54) is 0 Å². The van der Waals surface area contributed by atoms with Gasteiger partial charge in [0, 0.05) is 32.5 Å². The summed E-state index contributed by atoms with van der Waals surface area (Å²) in [6, 6.07) is 5.07. The van der Waals surface area contributed by atoms with Gasteiger partial charge in [0.1, 0.15) is 11.4 Å². The van der Waals surface area contributed by atoms with Crippen molar-refractivity contribution < 1.29 is 14.3 Å². The molecular weight excluding hydrogens is 372 g/mol. The first-order valence-electron chi connectivity index (χ1n) is 9.47. The number of aromatic nitrogens is 5. The predicted molar refractivity (Wildman–Crippen MR) is 105 cm³/mol. The van der Waals surface area contributed by atoms with Gasteiger partial charge in [0.25, 0.3) is 5.91 Å². The van der Waals surface area contributed by atoms with Crippen LogP contribution in [0, 0.1) is 5.92 Å². The second-order valence-corrected chi connectivity index (χ2v) is 6.87. The van der Waals surface area contributed by atoms with Crippen molar-refractivity contribution in [2.45, 2.75) is 12.8 Å². The molecule has 0 unspecified atom stereocenters. The van der Waals surface area contributed by atoms with Gasteiger partial charge in [-0.1, -0.05) is 0 Å². The molecule has 1 N–H and O–H groups in total. The molecule has 1 aliphatic rings. The molecule has 1 aliphatic heterocycles. The lowest BCUT2D eigenvalue weighted by Gasteiger charge is -2.21. The van der Waals surface area contributed by atoms with E-state index in [-0.39, 0.29) is 11.6 Å². The Morgan fingerprint density at radius 2 is 2.14 bits per heavy atom. The van der Waals surface area contributed by atoms with Crippen LogP contribution < -0.4 is 10.1 Å². The van der Waals surface area contributed by atoms with Gasteiger partial charge in [-0.2, -0.15) is 4.98 Å². The summed E-state index contributed by atoms with van der Waals surface area (Å²) in [4.78, 5) is 29.8. The highest BCUT2D eigenvalue weighted by Gasteiger charge is 2.18. The quantitative estimate of drug-likeness (QED) is 0.684. The van der Waals surface area contributed by atoms with Gasteiger partial charge in [0.05, 0.1) is 31.0 Å². The molecule has 0 aromatic carbocycles. The highest BCUT2D eigenvalue weighted by atomic mass is 16.5. The third-order valence-corrected chi connectivity index (χ3v) is 4.71. The van der Waals surface area contributed by atoms with E-state index in [4.69, 9.17) is 9.47 Å². The maximum absolute atomic E-state index is 12.8. The summed E-state index contributed by atoms with van der Waals surface area (Å²) >= 11 is 0. The molecule has 1 saturated heterocycles. The molecule has 4 heterocycles. The number of hydrogen-bond acceptors (Lipinski definition) is 7. The molecule has 0 aliphatic carbocycles. The van der Waals surface area contributed by atoms with Crippen molar-refractivity contribution in [1.29, 1.82) is 0 Å². The smallest absolute Gasteiger partial charge is 0.274 e. The van der Waals surface area contributed by atoms with Crippen molar-refractivity contribution in [3.05, 3.63) is 48.8 Å². The van der Waals surface area contributed by atoms with Crippen molar-refractivity contribution in [2.75, 3.05) is 25.1 Å². The second-order valence-electron chi connectivity index (χ2n) is 6.87. The van der Waals surface area contributed by atoms with Crippen LogP contribution in [0.1, 0.15) is 23.3 Å². The van der Waals surface area contributed by atoms with Gasteiger partial charge in [0.2, 0.25) is 5.88 Å². The van der Waals surface area contributed by atoms with E-state index in [9.17, 15) is 4.79 Å². The number of anilines is 1. The van der Waals surface area contributed by atoms with Gasteiger partial charge < -0.3 is 19.4 Å². The van der Waals surface area contributed by atoms with E-state index in [1.54, 1.807) is 47.7 Å². The largest absolute Gasteiger partial charge is 0.477 e. The van der Waals surface area contributed by atoms with Crippen molar-refractivity contribution >= 4 is 11.6 Å². The van der Waals surface area contributed by atoms with Gasteiger partial charge >= 0.3 is 0 Å². The number of imidazole rings is 1. The normalized spacial score (nSPS) is 14.5. The average molecular weight is 394 g/mol. The fourth-order valence-electron chi connectivity index (χ4n) is 3.05. The molecule has 0 spiro atoms. The summed E-state index contributed by atoms with van der Waals surface area (Å²) in [6.07, 6.45) is 8.43. The number of carbonyl (C=O) groups excluding carboxylic acids is 1. The Morgan fingerprint density at radius 3 is 2.86 bits per heavy atom. The molecule has 9 nitrogen and oxygen atoms in total. The Balaban J connectivity index is 1.59. The van der Waals surface area contributed by atoms with E-state index in [0.29, 0.717) is 35.6 Å². The summed E-state index contributed by atoms with van der Waals surface area (Å²) in [6.45, 7) is 2.02. The summed E-state index contributed by atoms with van der Waals surface area (Å²) in [5.74, 6) is 0.788. The van der Waals surface area contributed by atoms with Crippen molar-refractivity contribution in [3.8, 4) is 17.4 Å². The van der Waals surface area contributed by atoms with E-state index in [0.717, 1.165) is 26.1 Å². The molecule has 1 fully saturated rings. The standard InChI is InChI=1S/C20H22N6O3/c1-26-13-22-11-17(26)19-24-16(20(27)23-15-3-2-6-21-10-15)9-18(25-19)29-12-14-4-7-28-8-5-14/h2-3,6,9-11,13-14H,4-5,7-8,12H2,1H3,(H,23,27). The molecule has 9 heteroatoms. The number of rotatable bonds is 6. The number of hydrogen-bond donors (Lipinski definition) is 1. The molecule has 3 aromatic heterocycles. The monoisotopic (exact) mass is 394 g/mol. The molecule has 0 atom stereocenters. The molecule has 3 aromatic rings. The van der Waals surface area contributed by atoms with Crippen LogP contribution in [0.4, 0.5) is 5.69 Å². The first-order chi connectivity index (χ1) is 14.2. The predicted octanol–water partition coefficient (Wildman–Crippen LogP) is 2.33. The fraction of sp³-hybridized carbons (Fsp3) is 0.350. The van der Waals surface area contributed by atoms with Crippen LogP contribution in [0.3, 0.4) is 0 Å². The average Bonchev–Trinajstić information content (AvgIpc) is 3.19. The molecule has 0 radical (unpaired) electrons. The zero-order valence-corrected chi connectivity index (χ0v) is 16.1. The summed E-state index contributed by atoms with van der Waals surface area (Å²) in [5, 5.41) is 2.79. The zero-order chi connectivity index (χ0) is 20.1. The van der Waals surface area contributed by atoms with Gasteiger partial charge in [-0.25, -0.2) is 9.97 Å². The fourth-order valence-corrected chi connectivity index (χ4v) is 3.05. The van der Waals surface area contributed by atoms with E-state index >= 15 is 0 Å². The second kappa shape index (κ2) is 8.78. The summed E-state index contributed by atoms with van der Waals surface area (Å²) in [5.41, 5.74) is 1.49. The first kappa shape index (κ1) is 19.0. The molecule has 4 rings (SSSR count). The maximum Gasteiger partial charge on any atom is 0.274 e. The summed E-state index contributed by atoms with van der Waals surface area (Å²) < 4.78 is 13.1. The van der Waals surface area contributed by atoms with E-state index in [1.807, 2.05) is 7.05 Å². The van der Waals surface area contributed by atoms with Crippen LogP contribution in [0.15, 0.2) is 43.1 Å². The number of ether oxygens (including phenoxy) is 2. The first-order valence-corrected chi connectivity index (χ1v) is 9.47. The minimum absolute atomic E-state index is 0.210. The number of amides is 1. The van der Waals surface area contributed by atoms with Crippen LogP contribution in [-0.4, -0.2) is 50.2 Å². The van der Waals surface area contributed by atoms with Crippen LogP contribution in [0.25, 0.3) is 11.5 Å². The lowest BCUT2D eigenvalue weighted by molar-refractivity contribution is 0.0490. The lowest BCUT2D eigenvalue weighted by atomic mass is 10.0. The molecule has 0 bridgehead atoms. The van der Waals surface area contributed by atoms with Crippen molar-refractivity contribution in [3.63, 3.8) is 0 Å². The molecule has 0 saturated carbocycles. The lowest BCUT2D eigenvalue weighted by Crippen LogP contribution is -2.22. The Labute approximate surface area is 168 Å². The number of nitrogens with zero attached hydrogens (tertiary/aromatic N) is 5. The highest BCUT2D eigenvalue weighted by Crippen LogP contribution is 2.21. The third kappa shape index (κ3) is 4.75. The zero-order valence-electron chi connectivity index (χ0n) is 16.1. The van der Waals surface area contributed by atoms with E-state index in [2.05, 4.69) is 25.3 Å². The minimum atomic E-state index is -0.361. The Kier molecular flexibility index (Phi) is 5.76. The Morgan fingerprint density at radius 1 is 1.28 bits per heavy atom. The van der Waals surface area contributed by atoms with Gasteiger partial charge in [-0.3, -0.25) is 9.78 Å². The Bertz CT molecular complexity index is 969. The maximum atomic E-state index is 12.8. The number of nitrogens with one attached hydrogen (secondary N) is 1. The van der Waals surface area contributed by atoms with Gasteiger partial charge in [-0.05, 0) is 30.9 Å².